The number of carbonyl (C=O) groups is 2. The van der Waals surface area contributed by atoms with Gasteiger partial charge in [-0.1, -0.05) is 18.2 Å². The molecule has 2 atom stereocenters. The molecule has 1 aromatic carbocycles. The van der Waals surface area contributed by atoms with Crippen LogP contribution in [0.3, 0.4) is 0 Å². The number of carboxylic acids is 1. The van der Waals surface area contributed by atoms with Crippen LogP contribution in [0.2, 0.25) is 0 Å². The van der Waals surface area contributed by atoms with Crippen LogP contribution in [0.15, 0.2) is 24.3 Å². The first-order chi connectivity index (χ1) is 8.02. The second kappa shape index (κ2) is 4.41. The molecular formula is C12H13NO3S. The Balaban J connectivity index is 2.44. The third-order valence-electron chi connectivity index (χ3n) is 2.93. The molecule has 1 aliphatic rings. The first-order valence-electron chi connectivity index (χ1n) is 5.30. The van der Waals surface area contributed by atoms with Gasteiger partial charge in [0.1, 0.15) is 11.4 Å². The fourth-order valence-electron chi connectivity index (χ4n) is 2.11. The van der Waals surface area contributed by atoms with Gasteiger partial charge >= 0.3 is 5.97 Å². The van der Waals surface area contributed by atoms with Crippen molar-refractivity contribution in [1.29, 1.82) is 0 Å². The molecule has 0 amide bonds. The molecule has 0 bridgehead atoms. The number of anilines is 1. The minimum atomic E-state index is -0.929. The highest BCUT2D eigenvalue weighted by atomic mass is 32.1. The Morgan fingerprint density at radius 2 is 2.12 bits per heavy atom. The van der Waals surface area contributed by atoms with E-state index in [9.17, 15) is 14.7 Å². The summed E-state index contributed by atoms with van der Waals surface area (Å²) in [5, 5.41) is 8.49. The highest BCUT2D eigenvalue weighted by Crippen LogP contribution is 2.34. The van der Waals surface area contributed by atoms with E-state index in [0.717, 1.165) is 11.3 Å². The lowest BCUT2D eigenvalue weighted by Gasteiger charge is -2.28. The van der Waals surface area contributed by atoms with Gasteiger partial charge < -0.3 is 10.0 Å². The number of ketones is 1. The molecule has 1 N–H and O–H groups in total. The van der Waals surface area contributed by atoms with Crippen molar-refractivity contribution in [2.45, 2.75) is 24.8 Å². The maximum absolute atomic E-state index is 11.4. The molecule has 0 aliphatic carbocycles. The summed E-state index contributed by atoms with van der Waals surface area (Å²) in [4.78, 5) is 24.2. The molecule has 17 heavy (non-hydrogen) atoms. The molecule has 0 saturated heterocycles. The Hall–Kier alpha value is -1.49. The Morgan fingerprint density at radius 1 is 1.47 bits per heavy atom. The molecule has 0 unspecified atom stereocenters. The number of thiol groups is 1. The summed E-state index contributed by atoms with van der Waals surface area (Å²) in [5.74, 6) is -1.09. The molecule has 0 saturated carbocycles. The minimum absolute atomic E-state index is 0.156. The maximum Gasteiger partial charge on any atom is 0.326 e. The Labute approximate surface area is 105 Å². The van der Waals surface area contributed by atoms with E-state index < -0.39 is 17.4 Å². The van der Waals surface area contributed by atoms with Crippen LogP contribution in [-0.2, 0) is 16.0 Å². The second-order valence-corrected chi connectivity index (χ2v) is 4.57. The van der Waals surface area contributed by atoms with Crippen LogP contribution >= 0.6 is 12.6 Å². The van der Waals surface area contributed by atoms with Crippen molar-refractivity contribution in [3.63, 3.8) is 0 Å². The number of fused-ring (bicyclic) bond motifs is 1. The van der Waals surface area contributed by atoms with Crippen molar-refractivity contribution in [1.82, 2.24) is 0 Å². The number of benzene rings is 1. The third-order valence-corrected chi connectivity index (χ3v) is 3.54. The van der Waals surface area contributed by atoms with Gasteiger partial charge in [-0.2, -0.15) is 0 Å². The molecule has 1 aromatic rings. The van der Waals surface area contributed by atoms with Gasteiger partial charge in [0.15, 0.2) is 5.78 Å². The fourth-order valence-corrected chi connectivity index (χ4v) is 2.40. The highest BCUT2D eigenvalue weighted by Gasteiger charge is 2.38. The van der Waals surface area contributed by atoms with E-state index >= 15 is 0 Å². The number of aliphatic carboxylic acids is 1. The SMILES string of the molecule is CC(=O)[C@H](S)N1c2ccccc2C[C@H]1C(=O)O. The third kappa shape index (κ3) is 2.02. The monoisotopic (exact) mass is 251 g/mol. The predicted molar refractivity (Wildman–Crippen MR) is 67.5 cm³/mol. The molecule has 4 nitrogen and oxygen atoms in total. The summed E-state index contributed by atoms with van der Waals surface area (Å²) < 4.78 is 0. The van der Waals surface area contributed by atoms with Gasteiger partial charge in [0, 0.05) is 12.1 Å². The summed E-state index contributed by atoms with van der Waals surface area (Å²) >= 11 is 4.21. The number of carbonyl (C=O) groups excluding carboxylic acids is 1. The first kappa shape index (κ1) is 12.0. The van der Waals surface area contributed by atoms with Crippen LogP contribution < -0.4 is 4.90 Å². The molecule has 90 valence electrons. The Bertz CT molecular complexity index is 475. The lowest BCUT2D eigenvalue weighted by molar-refractivity contribution is -0.138. The van der Waals surface area contributed by atoms with Gasteiger partial charge in [0.2, 0.25) is 0 Å². The lowest BCUT2D eigenvalue weighted by Crippen LogP contribution is -2.45. The summed E-state index contributed by atoms with van der Waals surface area (Å²) in [6, 6.07) is 6.69. The largest absolute Gasteiger partial charge is 0.480 e. The summed E-state index contributed by atoms with van der Waals surface area (Å²) in [7, 11) is 0. The average molecular weight is 251 g/mol. The number of para-hydroxylation sites is 1. The molecule has 2 rings (SSSR count). The van der Waals surface area contributed by atoms with Gasteiger partial charge in [-0.05, 0) is 18.6 Å². The molecular weight excluding hydrogens is 238 g/mol. The van der Waals surface area contributed by atoms with E-state index in [1.54, 1.807) is 4.90 Å². The van der Waals surface area contributed by atoms with Gasteiger partial charge in [-0.25, -0.2) is 4.79 Å². The number of hydrogen-bond acceptors (Lipinski definition) is 4. The van der Waals surface area contributed by atoms with Crippen molar-refractivity contribution in [3.8, 4) is 0 Å². The summed E-state index contributed by atoms with van der Waals surface area (Å²) in [6.45, 7) is 1.41. The van der Waals surface area contributed by atoms with E-state index in [1.807, 2.05) is 24.3 Å². The second-order valence-electron chi connectivity index (χ2n) is 4.08. The number of hydrogen-bond donors (Lipinski definition) is 2. The van der Waals surface area contributed by atoms with Crippen LogP contribution in [0.1, 0.15) is 12.5 Å². The average Bonchev–Trinajstić information content (AvgIpc) is 2.67. The Kier molecular flexibility index (Phi) is 3.11. The van der Waals surface area contributed by atoms with Crippen molar-refractivity contribution in [2.24, 2.45) is 0 Å². The maximum atomic E-state index is 11.4. The zero-order valence-corrected chi connectivity index (χ0v) is 10.2. The van der Waals surface area contributed by atoms with Gasteiger partial charge in [0.25, 0.3) is 0 Å². The molecule has 1 aliphatic heterocycles. The summed E-state index contributed by atoms with van der Waals surface area (Å²) in [5.41, 5.74) is 1.73. The van der Waals surface area contributed by atoms with Crippen LogP contribution in [0.5, 0.6) is 0 Å². The molecule has 0 aromatic heterocycles. The van der Waals surface area contributed by atoms with Crippen LogP contribution in [0.25, 0.3) is 0 Å². The quantitative estimate of drug-likeness (QED) is 0.796. The normalized spacial score (nSPS) is 19.9. The Morgan fingerprint density at radius 3 is 2.71 bits per heavy atom. The number of Topliss-reactive ketones (excluding diaryl/α,β-unsaturated/α-hetero) is 1. The van der Waals surface area contributed by atoms with Crippen LogP contribution in [0, 0.1) is 0 Å². The number of rotatable bonds is 3. The van der Waals surface area contributed by atoms with E-state index in [0.29, 0.717) is 6.42 Å². The summed E-state index contributed by atoms with van der Waals surface area (Å²) in [6.07, 6.45) is 0.413. The number of nitrogens with zero attached hydrogens (tertiary/aromatic N) is 1. The predicted octanol–water partition coefficient (Wildman–Crippen LogP) is 1.35. The van der Waals surface area contributed by atoms with Crippen LogP contribution in [-0.4, -0.2) is 28.3 Å². The van der Waals surface area contributed by atoms with Crippen molar-refractivity contribution >= 4 is 30.1 Å². The van der Waals surface area contributed by atoms with Gasteiger partial charge in [0.05, 0.1) is 0 Å². The van der Waals surface area contributed by atoms with Gasteiger partial charge in [-0.3, -0.25) is 4.79 Å². The zero-order chi connectivity index (χ0) is 12.6. The molecule has 0 fully saturated rings. The van der Waals surface area contributed by atoms with Crippen molar-refractivity contribution in [2.75, 3.05) is 4.90 Å². The van der Waals surface area contributed by atoms with Crippen molar-refractivity contribution in [3.05, 3.63) is 29.8 Å². The van der Waals surface area contributed by atoms with E-state index in [-0.39, 0.29) is 5.78 Å². The van der Waals surface area contributed by atoms with E-state index in [1.165, 1.54) is 6.92 Å². The fraction of sp³-hybridized carbons (Fsp3) is 0.333. The lowest BCUT2D eigenvalue weighted by atomic mass is 10.1. The van der Waals surface area contributed by atoms with E-state index in [4.69, 9.17) is 0 Å². The topological polar surface area (TPSA) is 57.6 Å². The molecule has 5 heteroatoms. The molecule has 1 heterocycles. The van der Waals surface area contributed by atoms with Gasteiger partial charge in [-0.15, -0.1) is 12.6 Å². The highest BCUT2D eigenvalue weighted by molar-refractivity contribution is 7.82. The smallest absolute Gasteiger partial charge is 0.326 e. The van der Waals surface area contributed by atoms with Crippen LogP contribution in [0.4, 0.5) is 5.69 Å². The number of carboxylic acid groups (broad SMARTS) is 1. The standard InChI is InChI=1S/C12H13NO3S/c1-7(14)11(17)13-9-5-3-2-4-8(9)6-10(13)12(15)16/h2-5,10-11,17H,6H2,1H3,(H,15,16)/t10-,11-/m0/s1. The minimum Gasteiger partial charge on any atom is -0.480 e. The first-order valence-corrected chi connectivity index (χ1v) is 5.81. The molecule has 0 spiro atoms. The van der Waals surface area contributed by atoms with E-state index in [2.05, 4.69) is 12.6 Å². The molecule has 0 radical (unpaired) electrons. The van der Waals surface area contributed by atoms with Crippen molar-refractivity contribution < 1.29 is 14.7 Å². The zero-order valence-electron chi connectivity index (χ0n) is 9.33.